The summed E-state index contributed by atoms with van der Waals surface area (Å²) >= 11 is 0. The van der Waals surface area contributed by atoms with Gasteiger partial charge in [-0.15, -0.1) is 0 Å². The largest absolute Gasteiger partial charge is 0.489 e. The van der Waals surface area contributed by atoms with Crippen LogP contribution in [0.3, 0.4) is 0 Å². The Hall–Kier alpha value is -2.48. The van der Waals surface area contributed by atoms with Gasteiger partial charge in [-0.25, -0.2) is 0 Å². The molecule has 0 saturated carbocycles. The van der Waals surface area contributed by atoms with Crippen molar-refractivity contribution >= 4 is 16.5 Å². The van der Waals surface area contributed by atoms with E-state index in [1.54, 1.807) is 0 Å². The highest BCUT2D eigenvalue weighted by Crippen LogP contribution is 2.22. The summed E-state index contributed by atoms with van der Waals surface area (Å²) in [6.45, 7) is 5.05. The Morgan fingerprint density at radius 3 is 2.39 bits per heavy atom. The third-order valence-electron chi connectivity index (χ3n) is 4.06. The SMILES string of the molecule is CCC(CNc1ccc(C)cc1)Oc1ccc2ccccc2c1. The Bertz CT molecular complexity index is 764. The van der Waals surface area contributed by atoms with Gasteiger partial charge in [0.25, 0.3) is 0 Å². The first-order chi connectivity index (χ1) is 11.2. The Labute approximate surface area is 138 Å². The minimum atomic E-state index is 0.150. The van der Waals surface area contributed by atoms with Gasteiger partial charge in [-0.05, 0) is 48.4 Å². The second-order valence-electron chi connectivity index (χ2n) is 5.90. The molecule has 1 atom stereocenters. The van der Waals surface area contributed by atoms with E-state index in [-0.39, 0.29) is 6.10 Å². The minimum absolute atomic E-state index is 0.150. The molecule has 0 radical (unpaired) electrons. The van der Waals surface area contributed by atoms with Crippen LogP contribution in [0.2, 0.25) is 0 Å². The van der Waals surface area contributed by atoms with Gasteiger partial charge in [-0.2, -0.15) is 0 Å². The maximum absolute atomic E-state index is 6.15. The second kappa shape index (κ2) is 7.19. The summed E-state index contributed by atoms with van der Waals surface area (Å²) in [4.78, 5) is 0. The molecular weight excluding hydrogens is 282 g/mol. The molecule has 2 heteroatoms. The maximum Gasteiger partial charge on any atom is 0.120 e. The number of aryl methyl sites for hydroxylation is 1. The molecule has 3 rings (SSSR count). The van der Waals surface area contributed by atoms with Crippen LogP contribution >= 0.6 is 0 Å². The standard InChI is InChI=1S/C21H23NO/c1-3-20(15-22-19-11-8-16(2)9-12-19)23-21-13-10-17-6-4-5-7-18(17)14-21/h4-14,20,22H,3,15H2,1-2H3. The zero-order valence-corrected chi connectivity index (χ0v) is 13.8. The van der Waals surface area contributed by atoms with E-state index in [0.717, 1.165) is 24.4 Å². The molecule has 3 aromatic rings. The zero-order chi connectivity index (χ0) is 16.1. The quantitative estimate of drug-likeness (QED) is 0.656. The van der Waals surface area contributed by atoms with E-state index in [1.165, 1.54) is 16.3 Å². The van der Waals surface area contributed by atoms with Crippen molar-refractivity contribution in [1.82, 2.24) is 0 Å². The lowest BCUT2D eigenvalue weighted by molar-refractivity contribution is 0.210. The first-order valence-corrected chi connectivity index (χ1v) is 8.20. The van der Waals surface area contributed by atoms with Crippen molar-refractivity contribution in [2.75, 3.05) is 11.9 Å². The van der Waals surface area contributed by atoms with Gasteiger partial charge in [0.2, 0.25) is 0 Å². The van der Waals surface area contributed by atoms with Gasteiger partial charge in [0.1, 0.15) is 11.9 Å². The maximum atomic E-state index is 6.15. The highest BCUT2D eigenvalue weighted by atomic mass is 16.5. The van der Waals surface area contributed by atoms with Crippen LogP contribution < -0.4 is 10.1 Å². The van der Waals surface area contributed by atoms with Gasteiger partial charge in [0.05, 0.1) is 6.54 Å². The number of anilines is 1. The van der Waals surface area contributed by atoms with Crippen molar-refractivity contribution in [3.8, 4) is 5.75 Å². The van der Waals surface area contributed by atoms with Crippen molar-refractivity contribution in [1.29, 1.82) is 0 Å². The smallest absolute Gasteiger partial charge is 0.120 e. The molecule has 23 heavy (non-hydrogen) atoms. The van der Waals surface area contributed by atoms with Crippen LogP contribution in [-0.2, 0) is 0 Å². The van der Waals surface area contributed by atoms with Crippen molar-refractivity contribution in [3.63, 3.8) is 0 Å². The molecule has 0 spiro atoms. The van der Waals surface area contributed by atoms with E-state index in [4.69, 9.17) is 4.74 Å². The highest BCUT2D eigenvalue weighted by Gasteiger charge is 2.08. The van der Waals surface area contributed by atoms with Crippen LogP contribution in [0.5, 0.6) is 5.75 Å². The Kier molecular flexibility index (Phi) is 4.82. The van der Waals surface area contributed by atoms with Crippen molar-refractivity contribution in [2.24, 2.45) is 0 Å². The van der Waals surface area contributed by atoms with Gasteiger partial charge >= 0.3 is 0 Å². The number of hydrogen-bond acceptors (Lipinski definition) is 2. The summed E-state index contributed by atoms with van der Waals surface area (Å²) in [6.07, 6.45) is 1.11. The van der Waals surface area contributed by atoms with Crippen LogP contribution in [0.1, 0.15) is 18.9 Å². The van der Waals surface area contributed by atoms with Crippen LogP contribution in [-0.4, -0.2) is 12.6 Å². The van der Waals surface area contributed by atoms with Gasteiger partial charge in [-0.1, -0.05) is 55.0 Å². The van der Waals surface area contributed by atoms with Crippen molar-refractivity contribution in [2.45, 2.75) is 26.4 Å². The van der Waals surface area contributed by atoms with Crippen LogP contribution in [0.15, 0.2) is 66.7 Å². The molecule has 0 aliphatic heterocycles. The monoisotopic (exact) mass is 305 g/mol. The second-order valence-corrected chi connectivity index (χ2v) is 5.90. The first kappa shape index (κ1) is 15.4. The lowest BCUT2D eigenvalue weighted by Crippen LogP contribution is -2.25. The van der Waals surface area contributed by atoms with E-state index in [1.807, 2.05) is 0 Å². The summed E-state index contributed by atoms with van der Waals surface area (Å²) in [5.41, 5.74) is 2.41. The van der Waals surface area contributed by atoms with E-state index >= 15 is 0 Å². The molecule has 0 saturated heterocycles. The molecular formula is C21H23NO. The molecule has 1 N–H and O–H groups in total. The summed E-state index contributed by atoms with van der Waals surface area (Å²) in [5.74, 6) is 0.932. The first-order valence-electron chi connectivity index (χ1n) is 8.20. The minimum Gasteiger partial charge on any atom is -0.489 e. The lowest BCUT2D eigenvalue weighted by atomic mass is 10.1. The average Bonchev–Trinajstić information content (AvgIpc) is 2.60. The number of hydrogen-bond donors (Lipinski definition) is 1. The van der Waals surface area contributed by atoms with Crippen LogP contribution in [0, 0.1) is 6.92 Å². The molecule has 0 heterocycles. The highest BCUT2D eigenvalue weighted by molar-refractivity contribution is 5.83. The summed E-state index contributed by atoms with van der Waals surface area (Å²) < 4.78 is 6.15. The molecule has 0 bridgehead atoms. The number of rotatable bonds is 6. The lowest BCUT2D eigenvalue weighted by Gasteiger charge is -2.19. The average molecular weight is 305 g/mol. The fourth-order valence-electron chi connectivity index (χ4n) is 2.61. The number of benzene rings is 3. The molecule has 2 nitrogen and oxygen atoms in total. The Morgan fingerprint density at radius 2 is 1.65 bits per heavy atom. The molecule has 1 unspecified atom stereocenters. The molecule has 3 aromatic carbocycles. The predicted octanol–water partition coefficient (Wildman–Crippen LogP) is 5.42. The molecule has 118 valence electrons. The fraction of sp³-hybridized carbons (Fsp3) is 0.238. The third kappa shape index (κ3) is 4.04. The van der Waals surface area contributed by atoms with E-state index < -0.39 is 0 Å². The van der Waals surface area contributed by atoms with E-state index in [9.17, 15) is 0 Å². The van der Waals surface area contributed by atoms with E-state index in [2.05, 4.69) is 85.9 Å². The summed E-state index contributed by atoms with van der Waals surface area (Å²) in [6, 6.07) is 23.1. The molecule has 0 aliphatic carbocycles. The summed E-state index contributed by atoms with van der Waals surface area (Å²) in [5, 5.41) is 5.91. The Balaban J connectivity index is 1.64. The van der Waals surface area contributed by atoms with Gasteiger partial charge in [0, 0.05) is 5.69 Å². The number of nitrogens with one attached hydrogen (secondary N) is 1. The molecule has 0 amide bonds. The Morgan fingerprint density at radius 1 is 0.913 bits per heavy atom. The van der Waals surface area contributed by atoms with Crippen LogP contribution in [0.25, 0.3) is 10.8 Å². The van der Waals surface area contributed by atoms with Crippen LogP contribution in [0.4, 0.5) is 5.69 Å². The topological polar surface area (TPSA) is 21.3 Å². The van der Waals surface area contributed by atoms with Gasteiger partial charge in [0.15, 0.2) is 0 Å². The van der Waals surface area contributed by atoms with Gasteiger partial charge < -0.3 is 10.1 Å². The molecule has 0 aliphatic rings. The summed E-state index contributed by atoms with van der Waals surface area (Å²) in [7, 11) is 0. The molecule has 0 fully saturated rings. The third-order valence-corrected chi connectivity index (χ3v) is 4.06. The predicted molar refractivity (Wildman–Crippen MR) is 98.3 cm³/mol. The normalized spacial score (nSPS) is 12.1. The number of fused-ring (bicyclic) bond motifs is 1. The van der Waals surface area contributed by atoms with E-state index in [0.29, 0.717) is 0 Å². The molecule has 0 aromatic heterocycles. The van der Waals surface area contributed by atoms with Crippen molar-refractivity contribution < 1.29 is 4.74 Å². The zero-order valence-electron chi connectivity index (χ0n) is 13.8. The number of ether oxygens (including phenoxy) is 1. The fourth-order valence-corrected chi connectivity index (χ4v) is 2.61. The van der Waals surface area contributed by atoms with Gasteiger partial charge in [-0.3, -0.25) is 0 Å². The van der Waals surface area contributed by atoms with Crippen molar-refractivity contribution in [3.05, 3.63) is 72.3 Å².